The Balaban J connectivity index is 1.23. The Hall–Kier alpha value is -5.12. The molecule has 0 fully saturated rings. The summed E-state index contributed by atoms with van der Waals surface area (Å²) in [6.07, 6.45) is 3.29. The van der Waals surface area contributed by atoms with Crippen molar-refractivity contribution in [3.8, 4) is 17.3 Å². The lowest BCUT2D eigenvalue weighted by molar-refractivity contribution is -0.502. The van der Waals surface area contributed by atoms with Crippen LogP contribution in [-0.2, 0) is 0 Å². The van der Waals surface area contributed by atoms with Crippen molar-refractivity contribution in [3.05, 3.63) is 132 Å². The highest BCUT2D eigenvalue weighted by Gasteiger charge is 2.46. The summed E-state index contributed by atoms with van der Waals surface area (Å²) in [5.41, 5.74) is 11.5. The monoisotopic (exact) mass is 643 g/mol. The summed E-state index contributed by atoms with van der Waals surface area (Å²) < 4.78 is 11.9. The van der Waals surface area contributed by atoms with E-state index in [0.717, 1.165) is 24.5 Å². The van der Waals surface area contributed by atoms with Gasteiger partial charge in [-0.3, -0.25) is 0 Å². The van der Waals surface area contributed by atoms with E-state index in [2.05, 4.69) is 162 Å². The lowest BCUT2D eigenvalue weighted by Crippen LogP contribution is -2.47. The maximum atomic E-state index is 6.93. The average molecular weight is 644 g/mol. The molecule has 0 spiro atoms. The molecule has 10 rings (SSSR count). The van der Waals surface area contributed by atoms with Crippen molar-refractivity contribution in [1.82, 2.24) is 4.57 Å². The third-order valence-electron chi connectivity index (χ3n) is 10.5. The Morgan fingerprint density at radius 2 is 1.44 bits per heavy atom. The number of pyridine rings is 1. The SMILES string of the molecule is Cc1cc(C)c(N2CC[C@H](C)N(c3cccc4c3P3c5c(ccc6c7ccccc7n(c56)-c5cccc[n+]53)O4)c3ccccc32)c(C)c1. The Labute approximate surface area is 282 Å². The van der Waals surface area contributed by atoms with Crippen LogP contribution in [0.1, 0.15) is 30.0 Å². The minimum Gasteiger partial charge on any atom is -0.455 e. The Kier molecular flexibility index (Phi) is 5.93. The van der Waals surface area contributed by atoms with Gasteiger partial charge >= 0.3 is 0 Å². The minimum atomic E-state index is -0.993. The Morgan fingerprint density at radius 1 is 0.708 bits per heavy atom. The van der Waals surface area contributed by atoms with Crippen molar-refractivity contribution in [2.45, 2.75) is 40.2 Å². The molecule has 0 saturated carbocycles. The van der Waals surface area contributed by atoms with E-state index in [0.29, 0.717) is 0 Å². The second-order valence-corrected chi connectivity index (χ2v) is 15.4. The first kappa shape index (κ1) is 27.9. The quantitative estimate of drug-likeness (QED) is 0.176. The molecule has 234 valence electrons. The van der Waals surface area contributed by atoms with Crippen LogP contribution in [0.3, 0.4) is 0 Å². The van der Waals surface area contributed by atoms with E-state index in [1.54, 1.807) is 0 Å². The van der Waals surface area contributed by atoms with Gasteiger partial charge in [0.15, 0.2) is 13.6 Å². The first-order valence-electron chi connectivity index (χ1n) is 16.9. The third kappa shape index (κ3) is 3.74. The van der Waals surface area contributed by atoms with Crippen LogP contribution in [0.25, 0.3) is 27.6 Å². The summed E-state index contributed by atoms with van der Waals surface area (Å²) in [5.74, 6) is 3.11. The van der Waals surface area contributed by atoms with Gasteiger partial charge in [0.1, 0.15) is 22.3 Å². The van der Waals surface area contributed by atoms with Gasteiger partial charge in [-0.05, 0) is 99.8 Å². The van der Waals surface area contributed by atoms with Crippen molar-refractivity contribution in [2.75, 3.05) is 16.3 Å². The average Bonchev–Trinajstić information content (AvgIpc) is 3.36. The highest BCUT2D eigenvalue weighted by atomic mass is 31.1. The number of nitrogens with zero attached hydrogens (tertiary/aromatic N) is 4. The molecule has 2 aromatic heterocycles. The molecule has 5 heterocycles. The van der Waals surface area contributed by atoms with Crippen molar-refractivity contribution in [3.63, 3.8) is 0 Å². The fourth-order valence-corrected chi connectivity index (χ4v) is 11.4. The zero-order chi connectivity index (χ0) is 32.3. The standard InChI is InChI=1S/C42H36N4OP/c1-26-24-27(2)39(28(3)25-26)43-23-21-29(4)45(34-15-8-7-14-33(34)43)35-16-11-17-36-41(35)48-42-37(47-36)20-19-31-30-12-5-6-13-32(30)46(40(31)42)38-18-9-10-22-44(38)48/h5-20,22,24-25,29H,21,23H2,1-4H3/q+1/t29-,48?/m0/s1. The van der Waals surface area contributed by atoms with Crippen molar-refractivity contribution in [2.24, 2.45) is 0 Å². The van der Waals surface area contributed by atoms with E-state index in [-0.39, 0.29) is 6.04 Å². The van der Waals surface area contributed by atoms with E-state index in [4.69, 9.17) is 4.74 Å². The maximum absolute atomic E-state index is 6.93. The van der Waals surface area contributed by atoms with Crippen LogP contribution in [0.4, 0.5) is 22.7 Å². The van der Waals surface area contributed by atoms with Crippen LogP contribution in [0, 0.1) is 20.8 Å². The molecule has 0 N–H and O–H groups in total. The molecule has 48 heavy (non-hydrogen) atoms. The third-order valence-corrected chi connectivity index (χ3v) is 13.0. The molecule has 0 radical (unpaired) electrons. The van der Waals surface area contributed by atoms with E-state index < -0.39 is 8.07 Å². The smallest absolute Gasteiger partial charge is 0.289 e. The highest BCUT2D eigenvalue weighted by molar-refractivity contribution is 7.68. The van der Waals surface area contributed by atoms with Crippen LogP contribution in [0.5, 0.6) is 11.5 Å². The molecule has 7 aromatic rings. The first-order chi connectivity index (χ1) is 23.5. The number of aryl methyl sites for hydroxylation is 3. The Bertz CT molecular complexity index is 2460. The van der Waals surface area contributed by atoms with E-state index >= 15 is 0 Å². The zero-order valence-corrected chi connectivity index (χ0v) is 28.5. The number of hydrogen-bond donors (Lipinski definition) is 0. The van der Waals surface area contributed by atoms with Crippen molar-refractivity contribution >= 4 is 63.2 Å². The fourth-order valence-electron chi connectivity index (χ4n) is 8.66. The molecule has 0 aliphatic carbocycles. The topological polar surface area (TPSA) is 24.5 Å². The number of anilines is 4. The van der Waals surface area contributed by atoms with Gasteiger partial charge in [0.25, 0.3) is 5.82 Å². The molecule has 0 saturated heterocycles. The second-order valence-electron chi connectivity index (χ2n) is 13.5. The summed E-state index contributed by atoms with van der Waals surface area (Å²) in [6, 6.07) is 40.4. The largest absolute Gasteiger partial charge is 0.455 e. The van der Waals surface area contributed by atoms with Crippen LogP contribution >= 0.6 is 8.07 Å². The number of para-hydroxylation sites is 3. The molecule has 5 aromatic carbocycles. The molecular weight excluding hydrogens is 607 g/mol. The van der Waals surface area contributed by atoms with E-state index in [1.807, 2.05) is 0 Å². The Morgan fingerprint density at radius 3 is 2.29 bits per heavy atom. The maximum Gasteiger partial charge on any atom is 0.289 e. The highest BCUT2D eigenvalue weighted by Crippen LogP contribution is 2.53. The normalized spacial score (nSPS) is 17.5. The van der Waals surface area contributed by atoms with Crippen LogP contribution in [0.15, 0.2) is 115 Å². The molecule has 3 aliphatic heterocycles. The molecule has 5 nitrogen and oxygen atoms in total. The van der Waals surface area contributed by atoms with Gasteiger partial charge in [-0.2, -0.15) is 4.57 Å². The minimum absolute atomic E-state index is 0.261. The van der Waals surface area contributed by atoms with Gasteiger partial charge in [-0.15, -0.1) is 0 Å². The fraction of sp³-hybridized carbons (Fsp3) is 0.167. The van der Waals surface area contributed by atoms with Gasteiger partial charge in [0.05, 0.1) is 28.6 Å². The summed E-state index contributed by atoms with van der Waals surface area (Å²) in [4.78, 5) is 5.17. The summed E-state index contributed by atoms with van der Waals surface area (Å²) in [5, 5.41) is 5.13. The first-order valence-corrected chi connectivity index (χ1v) is 18.2. The molecule has 0 bridgehead atoms. The number of hydrogen-bond acceptors (Lipinski definition) is 3. The summed E-state index contributed by atoms with van der Waals surface area (Å²) in [6.45, 7) is 10.0. The number of rotatable bonds is 2. The number of aromatic nitrogens is 2. The van der Waals surface area contributed by atoms with Crippen molar-refractivity contribution < 1.29 is 9.07 Å². The molecule has 2 atom stereocenters. The summed E-state index contributed by atoms with van der Waals surface area (Å²) >= 11 is 0. The van der Waals surface area contributed by atoms with Gasteiger partial charge < -0.3 is 14.5 Å². The molecule has 0 amide bonds. The lowest BCUT2D eigenvalue weighted by Gasteiger charge is -2.37. The summed E-state index contributed by atoms with van der Waals surface area (Å²) in [7, 11) is -0.993. The molecular formula is C42H36N4OP+. The van der Waals surface area contributed by atoms with Crippen LogP contribution in [-0.4, -0.2) is 17.2 Å². The number of ether oxygens (including phenoxy) is 1. The second kappa shape index (κ2) is 10.2. The predicted octanol–water partition coefficient (Wildman–Crippen LogP) is 9.38. The predicted molar refractivity (Wildman–Crippen MR) is 199 cm³/mol. The number of fused-ring (bicyclic) bond motifs is 9. The van der Waals surface area contributed by atoms with Gasteiger partial charge in [-0.25, -0.2) is 4.34 Å². The molecule has 3 aliphatic rings. The zero-order valence-electron chi connectivity index (χ0n) is 27.6. The lowest BCUT2D eigenvalue weighted by atomic mass is 10.0. The molecule has 1 unspecified atom stereocenters. The van der Waals surface area contributed by atoms with Crippen LogP contribution < -0.4 is 29.5 Å². The van der Waals surface area contributed by atoms with Crippen molar-refractivity contribution in [1.29, 1.82) is 0 Å². The van der Waals surface area contributed by atoms with Gasteiger partial charge in [0.2, 0.25) is 0 Å². The van der Waals surface area contributed by atoms with Gasteiger partial charge in [0, 0.05) is 35.1 Å². The molecule has 6 heteroatoms. The van der Waals surface area contributed by atoms with E-state index in [1.165, 1.54) is 77.7 Å². The van der Waals surface area contributed by atoms with E-state index in [9.17, 15) is 0 Å². The number of benzene rings is 5. The van der Waals surface area contributed by atoms with Gasteiger partial charge in [-0.1, -0.05) is 54.1 Å². The van der Waals surface area contributed by atoms with Crippen LogP contribution in [0.2, 0.25) is 0 Å².